The van der Waals surface area contributed by atoms with Crippen LogP contribution in [0.1, 0.15) is 12.8 Å². The molecule has 0 aliphatic heterocycles. The second-order valence-electron chi connectivity index (χ2n) is 2.49. The third-order valence-corrected chi connectivity index (χ3v) is 1.67. The maximum Gasteiger partial charge on any atom is 0.337 e. The molecule has 1 aliphatic rings. The Labute approximate surface area is 69.8 Å². The third kappa shape index (κ3) is 1.58. The van der Waals surface area contributed by atoms with Crippen LogP contribution in [0.4, 0.5) is 0 Å². The number of methoxy groups -OCH3 is 1. The largest absolute Gasteiger partial charge is 0.512 e. The Morgan fingerprint density at radius 3 is 2.83 bits per heavy atom. The molecule has 66 valence electrons. The van der Waals surface area contributed by atoms with E-state index in [0.29, 0.717) is 0 Å². The van der Waals surface area contributed by atoms with E-state index in [4.69, 9.17) is 5.11 Å². The van der Waals surface area contributed by atoms with Crippen LogP contribution in [0.5, 0.6) is 0 Å². The van der Waals surface area contributed by atoms with Crippen LogP contribution >= 0.6 is 0 Å². The van der Waals surface area contributed by atoms with Crippen molar-refractivity contribution in [1.82, 2.24) is 0 Å². The highest BCUT2D eigenvalue weighted by Gasteiger charge is 2.20. The first-order chi connectivity index (χ1) is 5.65. The quantitative estimate of drug-likeness (QED) is 0.580. The van der Waals surface area contributed by atoms with Gasteiger partial charge in [0, 0.05) is 12.8 Å². The van der Waals surface area contributed by atoms with Crippen LogP contribution in [-0.2, 0) is 9.53 Å². The van der Waals surface area contributed by atoms with Crippen molar-refractivity contribution in [2.75, 3.05) is 7.11 Å². The summed E-state index contributed by atoms with van der Waals surface area (Å²) in [4.78, 5) is 10.9. The molecular formula is C8H10O4. The highest BCUT2D eigenvalue weighted by atomic mass is 16.5. The molecule has 1 rings (SSSR count). The average molecular weight is 170 g/mol. The van der Waals surface area contributed by atoms with Gasteiger partial charge in [-0.25, -0.2) is 4.79 Å². The molecule has 0 fully saturated rings. The molecule has 4 heteroatoms. The number of ether oxygens (including phenoxy) is 1. The summed E-state index contributed by atoms with van der Waals surface area (Å²) < 4.78 is 4.41. The van der Waals surface area contributed by atoms with Crippen molar-refractivity contribution in [3.05, 3.63) is 23.2 Å². The van der Waals surface area contributed by atoms with Gasteiger partial charge in [0.2, 0.25) is 0 Å². The van der Waals surface area contributed by atoms with Crippen molar-refractivity contribution in [2.45, 2.75) is 12.8 Å². The van der Waals surface area contributed by atoms with Crippen molar-refractivity contribution in [2.24, 2.45) is 0 Å². The molecule has 0 saturated heterocycles. The topological polar surface area (TPSA) is 66.8 Å². The minimum absolute atomic E-state index is 0.0281. The average Bonchev–Trinajstić information content (AvgIpc) is 2.08. The fraction of sp³-hybridized carbons (Fsp3) is 0.375. The number of aliphatic hydroxyl groups excluding tert-OH is 2. The summed E-state index contributed by atoms with van der Waals surface area (Å²) >= 11 is 0. The van der Waals surface area contributed by atoms with Gasteiger partial charge in [-0.05, 0) is 6.08 Å². The van der Waals surface area contributed by atoms with Crippen molar-refractivity contribution in [3.8, 4) is 0 Å². The van der Waals surface area contributed by atoms with Crippen molar-refractivity contribution >= 4 is 5.97 Å². The third-order valence-electron chi connectivity index (χ3n) is 1.67. The van der Waals surface area contributed by atoms with Gasteiger partial charge in [-0.15, -0.1) is 0 Å². The normalized spacial score (nSPS) is 17.2. The van der Waals surface area contributed by atoms with E-state index in [1.807, 2.05) is 0 Å². The van der Waals surface area contributed by atoms with Gasteiger partial charge >= 0.3 is 5.97 Å². The lowest BCUT2D eigenvalue weighted by Gasteiger charge is -2.11. The summed E-state index contributed by atoms with van der Waals surface area (Å²) in [6.45, 7) is 0. The zero-order chi connectivity index (χ0) is 9.14. The predicted molar refractivity (Wildman–Crippen MR) is 41.6 cm³/mol. The summed E-state index contributed by atoms with van der Waals surface area (Å²) in [5.41, 5.74) is 0.137. The van der Waals surface area contributed by atoms with E-state index in [2.05, 4.69) is 4.74 Å². The van der Waals surface area contributed by atoms with Crippen LogP contribution in [0.3, 0.4) is 0 Å². The molecule has 12 heavy (non-hydrogen) atoms. The molecule has 2 N–H and O–H groups in total. The van der Waals surface area contributed by atoms with Gasteiger partial charge in [0.05, 0.1) is 18.4 Å². The molecule has 0 unspecified atom stereocenters. The Morgan fingerprint density at radius 1 is 1.58 bits per heavy atom. The molecule has 0 atom stereocenters. The lowest BCUT2D eigenvalue weighted by Crippen LogP contribution is -2.11. The number of esters is 1. The first-order valence-corrected chi connectivity index (χ1v) is 3.52. The Balaban J connectivity index is 2.81. The van der Waals surface area contributed by atoms with Crippen molar-refractivity contribution < 1.29 is 19.7 Å². The van der Waals surface area contributed by atoms with Crippen LogP contribution in [0.15, 0.2) is 23.2 Å². The van der Waals surface area contributed by atoms with Crippen LogP contribution in [0.2, 0.25) is 0 Å². The number of allylic oxidation sites excluding steroid dienone is 2. The SMILES string of the molecule is COC(=O)C1=C(O)CC=C(O)C1. The fourth-order valence-corrected chi connectivity index (χ4v) is 1.01. The molecule has 0 radical (unpaired) electrons. The van der Waals surface area contributed by atoms with Crippen molar-refractivity contribution in [3.63, 3.8) is 0 Å². The molecule has 0 aromatic carbocycles. The van der Waals surface area contributed by atoms with Gasteiger partial charge in [-0.3, -0.25) is 0 Å². The van der Waals surface area contributed by atoms with Gasteiger partial charge in [0.15, 0.2) is 0 Å². The van der Waals surface area contributed by atoms with Gasteiger partial charge in [0.25, 0.3) is 0 Å². The van der Waals surface area contributed by atoms with Gasteiger partial charge < -0.3 is 14.9 Å². The Bertz CT molecular complexity index is 262. The zero-order valence-corrected chi connectivity index (χ0v) is 6.70. The Morgan fingerprint density at radius 2 is 2.25 bits per heavy atom. The predicted octanol–water partition coefficient (Wildman–Crippen LogP) is 1.21. The molecule has 0 bridgehead atoms. The number of carbonyl (C=O) groups excluding carboxylic acids is 1. The van der Waals surface area contributed by atoms with Gasteiger partial charge in [-0.1, -0.05) is 0 Å². The molecule has 0 aromatic heterocycles. The minimum atomic E-state index is -0.591. The summed E-state index contributed by atoms with van der Waals surface area (Å²) in [5.74, 6) is -0.528. The molecule has 0 aromatic rings. The number of carbonyl (C=O) groups is 1. The Kier molecular flexibility index (Phi) is 2.38. The maximum atomic E-state index is 10.9. The standard InChI is InChI=1S/C8H10O4/c1-12-8(11)6-4-5(9)2-3-7(6)10/h2,9-10H,3-4H2,1H3. The summed E-state index contributed by atoms with van der Waals surface area (Å²) in [7, 11) is 1.23. The van der Waals surface area contributed by atoms with E-state index < -0.39 is 5.97 Å². The fourth-order valence-electron chi connectivity index (χ4n) is 1.01. The van der Waals surface area contributed by atoms with E-state index in [9.17, 15) is 9.90 Å². The van der Waals surface area contributed by atoms with E-state index >= 15 is 0 Å². The first-order valence-electron chi connectivity index (χ1n) is 3.52. The molecule has 0 saturated carbocycles. The molecule has 4 nitrogen and oxygen atoms in total. The van der Waals surface area contributed by atoms with Crippen LogP contribution in [0.25, 0.3) is 0 Å². The number of hydrogen-bond acceptors (Lipinski definition) is 4. The van der Waals surface area contributed by atoms with Crippen LogP contribution in [-0.4, -0.2) is 23.3 Å². The van der Waals surface area contributed by atoms with Gasteiger partial charge in [0.1, 0.15) is 5.76 Å². The molecule has 0 spiro atoms. The highest BCUT2D eigenvalue weighted by Crippen LogP contribution is 2.21. The summed E-state index contributed by atoms with van der Waals surface area (Å²) in [5, 5.41) is 18.3. The lowest BCUT2D eigenvalue weighted by molar-refractivity contribution is -0.136. The minimum Gasteiger partial charge on any atom is -0.512 e. The second kappa shape index (κ2) is 3.30. The molecule has 1 aliphatic carbocycles. The second-order valence-corrected chi connectivity index (χ2v) is 2.49. The lowest BCUT2D eigenvalue weighted by atomic mass is 10.0. The number of hydrogen-bond donors (Lipinski definition) is 2. The monoisotopic (exact) mass is 170 g/mol. The van der Waals surface area contributed by atoms with Crippen molar-refractivity contribution in [1.29, 1.82) is 0 Å². The highest BCUT2D eigenvalue weighted by molar-refractivity contribution is 5.89. The zero-order valence-electron chi connectivity index (χ0n) is 6.70. The molecular weight excluding hydrogens is 160 g/mol. The number of aliphatic hydroxyl groups is 2. The number of rotatable bonds is 1. The molecule has 0 heterocycles. The van der Waals surface area contributed by atoms with Crippen LogP contribution in [0, 0.1) is 0 Å². The van der Waals surface area contributed by atoms with E-state index in [1.54, 1.807) is 0 Å². The van der Waals surface area contributed by atoms with E-state index in [1.165, 1.54) is 13.2 Å². The smallest absolute Gasteiger partial charge is 0.337 e. The Hall–Kier alpha value is -1.45. The summed E-state index contributed by atoms with van der Waals surface area (Å²) in [6.07, 6.45) is 1.70. The van der Waals surface area contributed by atoms with Crippen LogP contribution < -0.4 is 0 Å². The van der Waals surface area contributed by atoms with E-state index in [0.717, 1.165) is 0 Å². The van der Waals surface area contributed by atoms with E-state index in [-0.39, 0.29) is 29.9 Å². The van der Waals surface area contributed by atoms with Gasteiger partial charge in [-0.2, -0.15) is 0 Å². The first kappa shape index (κ1) is 8.64. The maximum absolute atomic E-state index is 10.9. The molecule has 0 amide bonds. The summed E-state index contributed by atoms with van der Waals surface area (Å²) in [6, 6.07) is 0.